The van der Waals surface area contributed by atoms with Crippen molar-refractivity contribution < 1.29 is 4.79 Å². The number of thiophene rings is 1. The highest BCUT2D eigenvalue weighted by molar-refractivity contribution is 14.0. The fourth-order valence-electron chi connectivity index (χ4n) is 4.03. The molecule has 0 unspecified atom stereocenters. The molecule has 1 aliphatic carbocycles. The van der Waals surface area contributed by atoms with Gasteiger partial charge < -0.3 is 15.5 Å². The van der Waals surface area contributed by atoms with Crippen LogP contribution in [0.15, 0.2) is 22.5 Å². The zero-order chi connectivity index (χ0) is 19.6. The van der Waals surface area contributed by atoms with Crippen LogP contribution in [0, 0.1) is 5.92 Å². The Balaban J connectivity index is 0.00000300. The van der Waals surface area contributed by atoms with Crippen LogP contribution in [-0.2, 0) is 11.2 Å². The van der Waals surface area contributed by atoms with Crippen LogP contribution in [0.4, 0.5) is 0 Å². The summed E-state index contributed by atoms with van der Waals surface area (Å²) < 4.78 is 0. The van der Waals surface area contributed by atoms with Crippen molar-refractivity contribution in [3.63, 3.8) is 0 Å². The predicted octanol–water partition coefficient (Wildman–Crippen LogP) is 2.80. The lowest BCUT2D eigenvalue weighted by Gasteiger charge is -2.35. The Bertz CT molecular complexity index is 611. The van der Waals surface area contributed by atoms with E-state index in [1.165, 1.54) is 17.7 Å². The first-order valence-corrected chi connectivity index (χ1v) is 11.7. The monoisotopic (exact) mass is 533 g/mol. The largest absolute Gasteiger partial charge is 0.357 e. The first-order chi connectivity index (χ1) is 13.8. The SMILES string of the molecule is CCNC(=NCCN1CCN(C(=O)C2CCCC2)CC1)NCCc1cccs1.I. The van der Waals surface area contributed by atoms with E-state index < -0.39 is 0 Å². The molecule has 164 valence electrons. The van der Waals surface area contributed by atoms with Crippen LogP contribution in [0.2, 0.25) is 0 Å². The second kappa shape index (κ2) is 13.4. The summed E-state index contributed by atoms with van der Waals surface area (Å²) in [5.41, 5.74) is 0. The summed E-state index contributed by atoms with van der Waals surface area (Å²) in [5, 5.41) is 8.87. The van der Waals surface area contributed by atoms with E-state index in [2.05, 4.69) is 44.9 Å². The van der Waals surface area contributed by atoms with Crippen LogP contribution >= 0.6 is 35.3 Å². The first kappa shape index (κ1) is 24.4. The molecule has 8 heteroatoms. The number of nitrogens with zero attached hydrogens (tertiary/aromatic N) is 3. The number of nitrogens with one attached hydrogen (secondary N) is 2. The van der Waals surface area contributed by atoms with E-state index in [4.69, 9.17) is 4.99 Å². The molecule has 0 spiro atoms. The molecule has 3 rings (SSSR count). The third-order valence-corrected chi connectivity index (χ3v) is 6.60. The third kappa shape index (κ3) is 8.05. The van der Waals surface area contributed by atoms with E-state index in [0.29, 0.717) is 11.8 Å². The fourth-order valence-corrected chi connectivity index (χ4v) is 4.74. The molecule has 2 heterocycles. The Morgan fingerprint density at radius 3 is 2.62 bits per heavy atom. The molecule has 6 nitrogen and oxygen atoms in total. The minimum Gasteiger partial charge on any atom is -0.357 e. The zero-order valence-electron chi connectivity index (χ0n) is 17.6. The molecule has 29 heavy (non-hydrogen) atoms. The molecule has 2 fully saturated rings. The summed E-state index contributed by atoms with van der Waals surface area (Å²) in [5.74, 6) is 1.60. The molecule has 0 bridgehead atoms. The molecule has 1 aromatic rings. The van der Waals surface area contributed by atoms with Crippen LogP contribution in [0.25, 0.3) is 0 Å². The number of halogens is 1. The van der Waals surface area contributed by atoms with Gasteiger partial charge in [-0.15, -0.1) is 35.3 Å². The summed E-state index contributed by atoms with van der Waals surface area (Å²) in [6.45, 7) is 9.28. The van der Waals surface area contributed by atoms with E-state index in [1.807, 2.05) is 0 Å². The number of rotatable bonds is 8. The van der Waals surface area contributed by atoms with Crippen molar-refractivity contribution in [3.05, 3.63) is 22.4 Å². The molecular weight excluding hydrogens is 497 g/mol. The van der Waals surface area contributed by atoms with E-state index >= 15 is 0 Å². The second-order valence-corrected chi connectivity index (χ2v) is 8.70. The maximum Gasteiger partial charge on any atom is 0.225 e. The molecule has 1 saturated heterocycles. The van der Waals surface area contributed by atoms with Gasteiger partial charge >= 0.3 is 0 Å². The molecule has 1 amide bonds. The fraction of sp³-hybridized carbons (Fsp3) is 0.714. The third-order valence-electron chi connectivity index (χ3n) is 5.66. The van der Waals surface area contributed by atoms with Gasteiger partial charge in [0.15, 0.2) is 5.96 Å². The van der Waals surface area contributed by atoms with Gasteiger partial charge in [-0.25, -0.2) is 0 Å². The highest BCUT2D eigenvalue weighted by Crippen LogP contribution is 2.26. The lowest BCUT2D eigenvalue weighted by molar-refractivity contribution is -0.137. The summed E-state index contributed by atoms with van der Waals surface area (Å²) in [4.78, 5) is 23.2. The smallest absolute Gasteiger partial charge is 0.225 e. The van der Waals surface area contributed by atoms with Gasteiger partial charge in [-0.2, -0.15) is 0 Å². The molecule has 0 atom stereocenters. The van der Waals surface area contributed by atoms with Gasteiger partial charge in [-0.3, -0.25) is 14.7 Å². The Hall–Kier alpha value is -0.870. The maximum atomic E-state index is 12.5. The number of hydrogen-bond donors (Lipinski definition) is 2. The van der Waals surface area contributed by atoms with Gasteiger partial charge in [0.25, 0.3) is 0 Å². The van der Waals surface area contributed by atoms with Crippen LogP contribution in [-0.4, -0.2) is 74.0 Å². The maximum absolute atomic E-state index is 12.5. The molecule has 2 N–H and O–H groups in total. The van der Waals surface area contributed by atoms with E-state index in [9.17, 15) is 4.79 Å². The van der Waals surface area contributed by atoms with Gasteiger partial charge in [0.1, 0.15) is 0 Å². The molecule has 1 saturated carbocycles. The Labute approximate surface area is 196 Å². The van der Waals surface area contributed by atoms with Gasteiger partial charge in [0.05, 0.1) is 6.54 Å². The van der Waals surface area contributed by atoms with E-state index in [-0.39, 0.29) is 24.0 Å². The van der Waals surface area contributed by atoms with Crippen molar-refractivity contribution in [2.75, 3.05) is 52.4 Å². The molecular formula is C21H36IN5OS. The minimum absolute atomic E-state index is 0. The van der Waals surface area contributed by atoms with Crippen molar-refractivity contribution in [2.24, 2.45) is 10.9 Å². The van der Waals surface area contributed by atoms with Crippen molar-refractivity contribution >= 4 is 47.2 Å². The van der Waals surface area contributed by atoms with Crippen molar-refractivity contribution in [1.29, 1.82) is 0 Å². The van der Waals surface area contributed by atoms with Crippen LogP contribution in [0.3, 0.4) is 0 Å². The van der Waals surface area contributed by atoms with E-state index in [0.717, 1.165) is 77.6 Å². The molecule has 0 aromatic carbocycles. The predicted molar refractivity (Wildman–Crippen MR) is 132 cm³/mol. The number of carbonyl (C=O) groups excluding carboxylic acids is 1. The first-order valence-electron chi connectivity index (χ1n) is 10.8. The summed E-state index contributed by atoms with van der Waals surface area (Å²) in [7, 11) is 0. The van der Waals surface area contributed by atoms with Gasteiger partial charge in [0.2, 0.25) is 5.91 Å². The number of hydrogen-bond acceptors (Lipinski definition) is 4. The highest BCUT2D eigenvalue weighted by atomic mass is 127. The average Bonchev–Trinajstić information content (AvgIpc) is 3.42. The standard InChI is InChI=1S/C21H35N5OS.HI/c1-2-22-21(23-10-9-19-8-5-17-28-19)24-11-12-25-13-15-26(16-14-25)20(27)18-6-3-4-7-18;/h5,8,17-18H,2-4,6-7,9-16H2,1H3,(H2,22,23,24);1H. The second-order valence-electron chi connectivity index (χ2n) is 7.67. The zero-order valence-corrected chi connectivity index (χ0v) is 20.7. The number of amides is 1. The summed E-state index contributed by atoms with van der Waals surface area (Å²) in [6.07, 6.45) is 5.67. The number of guanidine groups is 1. The quantitative estimate of drug-likeness (QED) is 0.307. The van der Waals surface area contributed by atoms with Gasteiger partial charge in [-0.1, -0.05) is 18.9 Å². The van der Waals surface area contributed by atoms with Crippen molar-refractivity contribution in [3.8, 4) is 0 Å². The Kier molecular flexibility index (Phi) is 11.3. The lowest BCUT2D eigenvalue weighted by Crippen LogP contribution is -2.50. The van der Waals surface area contributed by atoms with Gasteiger partial charge in [0, 0.05) is 56.6 Å². The van der Waals surface area contributed by atoms with Crippen molar-refractivity contribution in [2.45, 2.75) is 39.0 Å². The van der Waals surface area contributed by atoms with Crippen LogP contribution in [0.5, 0.6) is 0 Å². The lowest BCUT2D eigenvalue weighted by atomic mass is 10.1. The summed E-state index contributed by atoms with van der Waals surface area (Å²) in [6, 6.07) is 4.27. The molecule has 1 aliphatic heterocycles. The minimum atomic E-state index is 0. The normalized spacial score (nSPS) is 18.5. The number of aliphatic imine (C=N–C) groups is 1. The molecule has 1 aromatic heterocycles. The Morgan fingerprint density at radius 2 is 1.97 bits per heavy atom. The van der Waals surface area contributed by atoms with Gasteiger partial charge in [-0.05, 0) is 37.6 Å². The summed E-state index contributed by atoms with van der Waals surface area (Å²) >= 11 is 1.80. The van der Waals surface area contributed by atoms with Crippen molar-refractivity contribution in [1.82, 2.24) is 20.4 Å². The topological polar surface area (TPSA) is 60.0 Å². The number of piperazine rings is 1. The molecule has 0 radical (unpaired) electrons. The molecule has 2 aliphatic rings. The van der Waals surface area contributed by atoms with Crippen LogP contribution < -0.4 is 10.6 Å². The Morgan fingerprint density at radius 1 is 1.21 bits per heavy atom. The van der Waals surface area contributed by atoms with E-state index in [1.54, 1.807) is 11.3 Å². The highest BCUT2D eigenvalue weighted by Gasteiger charge is 2.29. The number of carbonyl (C=O) groups is 1. The van der Waals surface area contributed by atoms with Crippen LogP contribution in [0.1, 0.15) is 37.5 Å². The average molecular weight is 534 g/mol.